The van der Waals surface area contributed by atoms with Crippen molar-refractivity contribution in [3.05, 3.63) is 57.0 Å². The fraction of sp³-hybridized carbons (Fsp3) is 0.560. The van der Waals surface area contributed by atoms with E-state index in [1.54, 1.807) is 11.6 Å². The molecule has 1 amide bonds. The minimum Gasteiger partial charge on any atom is -0.342 e. The van der Waals surface area contributed by atoms with E-state index in [2.05, 4.69) is 45.0 Å². The minimum absolute atomic E-state index is 0.0347. The lowest BCUT2D eigenvalue weighted by atomic mass is 9.86. The molecular weight excluding hydrogens is 406 g/mol. The maximum Gasteiger partial charge on any atom is 0.257 e. The smallest absolute Gasteiger partial charge is 0.257 e. The Balaban J connectivity index is 1.77. The molecule has 1 fully saturated rings. The zero-order valence-electron chi connectivity index (χ0n) is 19.7. The Morgan fingerprint density at radius 3 is 2.32 bits per heavy atom. The predicted molar refractivity (Wildman–Crippen MR) is 128 cm³/mol. The standard InChI is InChI=1S/C25H35N3O2S/c1-17-21(16-19-10-12-20(13-11-19)25(3,4)5)23(30)27(6)24(26-17)31-18(2)22(29)28-14-8-7-9-15-28/h10-13,18H,7-9,14-16H2,1-6H3. The molecule has 1 aliphatic heterocycles. The molecule has 3 rings (SSSR count). The number of carbonyl (C=O) groups excluding carboxylic acids is 1. The molecule has 31 heavy (non-hydrogen) atoms. The highest BCUT2D eigenvalue weighted by molar-refractivity contribution is 8.00. The van der Waals surface area contributed by atoms with E-state index in [1.165, 1.54) is 23.7 Å². The molecule has 0 N–H and O–H groups in total. The van der Waals surface area contributed by atoms with Crippen LogP contribution in [-0.2, 0) is 23.7 Å². The van der Waals surface area contributed by atoms with E-state index < -0.39 is 0 Å². The number of hydrogen-bond donors (Lipinski definition) is 0. The van der Waals surface area contributed by atoms with Crippen LogP contribution in [0.3, 0.4) is 0 Å². The normalized spacial score (nSPS) is 15.7. The van der Waals surface area contributed by atoms with Crippen molar-refractivity contribution < 1.29 is 4.79 Å². The SMILES string of the molecule is Cc1nc(SC(C)C(=O)N2CCCCC2)n(C)c(=O)c1Cc1ccc(C(C)(C)C)cc1. The lowest BCUT2D eigenvalue weighted by Gasteiger charge is -2.29. The Bertz CT molecular complexity index is 984. The van der Waals surface area contributed by atoms with Gasteiger partial charge >= 0.3 is 0 Å². The number of carbonyl (C=O) groups is 1. The van der Waals surface area contributed by atoms with Crippen LogP contribution in [-0.4, -0.2) is 38.7 Å². The van der Waals surface area contributed by atoms with Gasteiger partial charge in [0.05, 0.1) is 5.25 Å². The van der Waals surface area contributed by atoms with Gasteiger partial charge in [0.15, 0.2) is 5.16 Å². The van der Waals surface area contributed by atoms with Gasteiger partial charge in [0, 0.05) is 37.8 Å². The second-order valence-electron chi connectivity index (χ2n) is 9.59. The van der Waals surface area contributed by atoms with Gasteiger partial charge in [-0.25, -0.2) is 4.98 Å². The molecule has 1 aromatic carbocycles. The van der Waals surface area contributed by atoms with Crippen LogP contribution in [0.25, 0.3) is 0 Å². The Morgan fingerprint density at radius 1 is 1.13 bits per heavy atom. The van der Waals surface area contributed by atoms with E-state index in [4.69, 9.17) is 4.98 Å². The maximum absolute atomic E-state index is 13.1. The first kappa shape index (κ1) is 23.6. The zero-order chi connectivity index (χ0) is 22.8. The van der Waals surface area contributed by atoms with Gasteiger partial charge in [0.1, 0.15) is 0 Å². The van der Waals surface area contributed by atoms with Crippen LogP contribution >= 0.6 is 11.8 Å². The number of nitrogens with zero attached hydrogens (tertiary/aromatic N) is 3. The van der Waals surface area contributed by atoms with Crippen molar-refractivity contribution in [2.45, 2.75) is 76.1 Å². The summed E-state index contributed by atoms with van der Waals surface area (Å²) < 4.78 is 1.59. The average molecular weight is 442 g/mol. The van der Waals surface area contributed by atoms with Crippen molar-refractivity contribution in [3.8, 4) is 0 Å². The summed E-state index contributed by atoms with van der Waals surface area (Å²) in [6.07, 6.45) is 3.90. The Hall–Kier alpha value is -2.08. The van der Waals surface area contributed by atoms with Gasteiger partial charge in [-0.15, -0.1) is 0 Å². The number of aromatic nitrogens is 2. The Morgan fingerprint density at radius 2 is 1.74 bits per heavy atom. The number of hydrogen-bond acceptors (Lipinski definition) is 4. The number of rotatable bonds is 5. The summed E-state index contributed by atoms with van der Waals surface area (Å²) in [6, 6.07) is 8.48. The molecule has 168 valence electrons. The summed E-state index contributed by atoms with van der Waals surface area (Å²) in [4.78, 5) is 32.5. The molecule has 1 saturated heterocycles. The van der Waals surface area contributed by atoms with Gasteiger partial charge in [0.2, 0.25) is 5.91 Å². The summed E-state index contributed by atoms with van der Waals surface area (Å²) in [7, 11) is 1.75. The largest absolute Gasteiger partial charge is 0.342 e. The summed E-state index contributed by atoms with van der Waals surface area (Å²) in [5.41, 5.74) is 3.90. The number of likely N-dealkylation sites (tertiary alicyclic amines) is 1. The van der Waals surface area contributed by atoms with Crippen molar-refractivity contribution in [2.24, 2.45) is 7.05 Å². The van der Waals surface area contributed by atoms with E-state index in [0.717, 1.165) is 37.2 Å². The second-order valence-corrected chi connectivity index (χ2v) is 10.9. The number of amides is 1. The fourth-order valence-electron chi connectivity index (χ4n) is 3.95. The van der Waals surface area contributed by atoms with E-state index in [1.807, 2.05) is 18.7 Å². The third-order valence-electron chi connectivity index (χ3n) is 6.05. The highest BCUT2D eigenvalue weighted by Gasteiger charge is 2.25. The molecule has 1 aromatic heterocycles. The molecule has 6 heteroatoms. The first-order valence-electron chi connectivity index (χ1n) is 11.2. The van der Waals surface area contributed by atoms with Crippen molar-refractivity contribution >= 4 is 17.7 Å². The van der Waals surface area contributed by atoms with E-state index >= 15 is 0 Å². The highest BCUT2D eigenvalue weighted by atomic mass is 32.2. The number of thioether (sulfide) groups is 1. The van der Waals surface area contributed by atoms with Crippen LogP contribution < -0.4 is 5.56 Å². The molecule has 2 aromatic rings. The Labute approximate surface area is 190 Å². The van der Waals surface area contributed by atoms with Crippen molar-refractivity contribution in [3.63, 3.8) is 0 Å². The number of aryl methyl sites for hydroxylation is 1. The molecule has 2 heterocycles. The summed E-state index contributed by atoms with van der Waals surface area (Å²) >= 11 is 1.38. The summed E-state index contributed by atoms with van der Waals surface area (Å²) in [5, 5.41) is 0.346. The summed E-state index contributed by atoms with van der Waals surface area (Å²) in [5.74, 6) is 0.139. The van der Waals surface area contributed by atoms with Crippen LogP contribution in [0, 0.1) is 6.92 Å². The van der Waals surface area contributed by atoms with Crippen LogP contribution in [0.5, 0.6) is 0 Å². The summed E-state index contributed by atoms with van der Waals surface area (Å²) in [6.45, 7) is 12.1. The van der Waals surface area contributed by atoms with Crippen molar-refractivity contribution in [1.82, 2.24) is 14.5 Å². The number of benzene rings is 1. The van der Waals surface area contributed by atoms with Gasteiger partial charge in [-0.05, 0) is 49.7 Å². The van der Waals surface area contributed by atoms with Crippen LogP contribution in [0.1, 0.15) is 69.3 Å². The molecule has 1 aliphatic rings. The van der Waals surface area contributed by atoms with E-state index in [-0.39, 0.29) is 22.1 Å². The molecular formula is C25H35N3O2S. The minimum atomic E-state index is -0.258. The van der Waals surface area contributed by atoms with Crippen LogP contribution in [0.4, 0.5) is 0 Å². The van der Waals surface area contributed by atoms with Crippen molar-refractivity contribution in [1.29, 1.82) is 0 Å². The Kier molecular flexibility index (Phi) is 7.30. The zero-order valence-corrected chi connectivity index (χ0v) is 20.5. The van der Waals surface area contributed by atoms with Gasteiger partial charge < -0.3 is 4.90 Å². The molecule has 1 atom stereocenters. The second kappa shape index (κ2) is 9.60. The first-order chi connectivity index (χ1) is 14.6. The maximum atomic E-state index is 13.1. The van der Waals surface area contributed by atoms with Crippen LogP contribution in [0.15, 0.2) is 34.2 Å². The molecule has 0 saturated carbocycles. The van der Waals surface area contributed by atoms with E-state index in [0.29, 0.717) is 17.1 Å². The first-order valence-corrected chi connectivity index (χ1v) is 12.1. The fourth-order valence-corrected chi connectivity index (χ4v) is 4.94. The molecule has 0 aliphatic carbocycles. The van der Waals surface area contributed by atoms with Gasteiger partial charge in [-0.2, -0.15) is 0 Å². The molecule has 0 bridgehead atoms. The lowest BCUT2D eigenvalue weighted by Crippen LogP contribution is -2.40. The van der Waals surface area contributed by atoms with Gasteiger partial charge in [-0.3, -0.25) is 14.2 Å². The molecule has 1 unspecified atom stereocenters. The average Bonchev–Trinajstić information content (AvgIpc) is 2.74. The van der Waals surface area contributed by atoms with Gasteiger partial charge in [0.25, 0.3) is 5.56 Å². The highest BCUT2D eigenvalue weighted by Crippen LogP contribution is 2.25. The predicted octanol–water partition coefficient (Wildman–Crippen LogP) is 4.47. The molecule has 0 spiro atoms. The van der Waals surface area contributed by atoms with Gasteiger partial charge in [-0.1, -0.05) is 56.8 Å². The lowest BCUT2D eigenvalue weighted by molar-refractivity contribution is -0.131. The number of piperidine rings is 1. The third kappa shape index (κ3) is 5.59. The van der Waals surface area contributed by atoms with E-state index in [9.17, 15) is 9.59 Å². The monoisotopic (exact) mass is 441 g/mol. The van der Waals surface area contributed by atoms with Crippen LogP contribution in [0.2, 0.25) is 0 Å². The molecule has 5 nitrogen and oxygen atoms in total. The molecule has 0 radical (unpaired) electrons. The third-order valence-corrected chi connectivity index (χ3v) is 7.18. The quantitative estimate of drug-likeness (QED) is 0.507. The van der Waals surface area contributed by atoms with Crippen molar-refractivity contribution in [2.75, 3.05) is 13.1 Å². The topological polar surface area (TPSA) is 55.2 Å².